The quantitative estimate of drug-likeness (QED) is 0.580. The van der Waals surface area contributed by atoms with Crippen LogP contribution in [0.25, 0.3) is 11.0 Å². The van der Waals surface area contributed by atoms with E-state index >= 15 is 0 Å². The fourth-order valence-electron chi connectivity index (χ4n) is 2.68. The summed E-state index contributed by atoms with van der Waals surface area (Å²) < 4.78 is 53.7. The van der Waals surface area contributed by atoms with Gasteiger partial charge in [-0.15, -0.1) is 11.3 Å². The van der Waals surface area contributed by atoms with Crippen LogP contribution in [0.5, 0.6) is 0 Å². The summed E-state index contributed by atoms with van der Waals surface area (Å²) in [6, 6.07) is 9.52. The summed E-state index contributed by atoms with van der Waals surface area (Å²) in [4.78, 5) is 17.8. The first-order chi connectivity index (χ1) is 13.2. The molecule has 0 saturated carbocycles. The van der Waals surface area contributed by atoms with Crippen molar-refractivity contribution in [1.29, 1.82) is 0 Å². The van der Waals surface area contributed by atoms with Crippen molar-refractivity contribution in [3.05, 3.63) is 47.6 Å². The van der Waals surface area contributed by atoms with Crippen molar-refractivity contribution in [1.82, 2.24) is 18.8 Å². The maximum absolute atomic E-state index is 13.5. The number of hydrogen-bond acceptors (Lipinski definition) is 5. The molecule has 0 fully saturated rings. The molecule has 1 aromatic carbocycles. The first-order valence-corrected chi connectivity index (χ1v) is 10.5. The second kappa shape index (κ2) is 7.94. The molecule has 0 N–H and O–H groups in total. The van der Waals surface area contributed by atoms with Crippen LogP contribution in [0.15, 0.2) is 46.0 Å². The molecule has 0 bridgehead atoms. The van der Waals surface area contributed by atoms with E-state index in [1.807, 2.05) is 0 Å². The number of nitrogens with zero attached hydrogens (tertiary/aromatic N) is 4. The molecular weight excluding hydrogens is 410 g/mol. The van der Waals surface area contributed by atoms with E-state index in [0.29, 0.717) is 5.52 Å². The molecule has 0 radical (unpaired) electrons. The van der Waals surface area contributed by atoms with E-state index in [4.69, 9.17) is 0 Å². The molecule has 0 saturated heterocycles. The minimum absolute atomic E-state index is 0.0239. The Hall–Kier alpha value is -2.37. The van der Waals surface area contributed by atoms with Crippen LogP contribution in [0.3, 0.4) is 0 Å². The lowest BCUT2D eigenvalue weighted by molar-refractivity contribution is -0.130. The molecule has 0 atom stereocenters. The SMILES string of the molecule is CN(Cc1nc2ccccc2n1C(F)F)C(=O)CN(C)S(=O)(=O)c1cccs1. The highest BCUT2D eigenvalue weighted by Crippen LogP contribution is 2.24. The third kappa shape index (κ3) is 3.91. The van der Waals surface area contributed by atoms with Crippen molar-refractivity contribution >= 4 is 38.3 Å². The van der Waals surface area contributed by atoms with Crippen molar-refractivity contribution in [3.63, 3.8) is 0 Å². The first-order valence-electron chi connectivity index (χ1n) is 8.19. The molecule has 0 spiro atoms. The van der Waals surface area contributed by atoms with Crippen LogP contribution < -0.4 is 0 Å². The van der Waals surface area contributed by atoms with E-state index in [9.17, 15) is 22.0 Å². The number of imidazole rings is 1. The number of rotatable bonds is 7. The van der Waals surface area contributed by atoms with Crippen molar-refractivity contribution in [2.45, 2.75) is 17.3 Å². The van der Waals surface area contributed by atoms with Crippen LogP contribution in [0.2, 0.25) is 0 Å². The van der Waals surface area contributed by atoms with Gasteiger partial charge in [0.2, 0.25) is 5.91 Å². The van der Waals surface area contributed by atoms with Gasteiger partial charge >= 0.3 is 6.55 Å². The molecule has 0 aliphatic carbocycles. The molecule has 7 nitrogen and oxygen atoms in total. The fraction of sp³-hybridized carbons (Fsp3) is 0.294. The van der Waals surface area contributed by atoms with Crippen molar-refractivity contribution in [2.75, 3.05) is 20.6 Å². The van der Waals surface area contributed by atoms with Crippen LogP contribution in [0.1, 0.15) is 12.4 Å². The molecular formula is C17H18F2N4O3S2. The number of carbonyl (C=O) groups excluding carboxylic acids is 1. The van der Waals surface area contributed by atoms with Crippen LogP contribution in [0.4, 0.5) is 8.78 Å². The number of likely N-dealkylation sites (N-methyl/N-ethyl adjacent to an activating group) is 2. The maximum Gasteiger partial charge on any atom is 0.320 e. The molecule has 2 aromatic heterocycles. The second-order valence-electron chi connectivity index (χ2n) is 6.11. The smallest absolute Gasteiger partial charge is 0.320 e. The average Bonchev–Trinajstić information content (AvgIpc) is 3.29. The minimum atomic E-state index is -3.78. The highest BCUT2D eigenvalue weighted by molar-refractivity contribution is 7.91. The summed E-state index contributed by atoms with van der Waals surface area (Å²) in [6.45, 7) is -3.40. The molecule has 0 unspecified atom stereocenters. The standard InChI is InChI=1S/C17H18F2N4O3S2/c1-21(15(24)11-22(2)28(25,26)16-8-5-9-27-16)10-14-20-12-6-3-4-7-13(12)23(14)17(18)19/h3-9,17H,10-11H2,1-2H3. The van der Waals surface area contributed by atoms with E-state index in [1.54, 1.807) is 29.6 Å². The third-order valence-corrected chi connectivity index (χ3v) is 7.36. The van der Waals surface area contributed by atoms with Crippen LogP contribution in [0, 0.1) is 0 Å². The van der Waals surface area contributed by atoms with Crippen LogP contribution in [-0.2, 0) is 21.4 Å². The molecule has 2 heterocycles. The second-order valence-corrected chi connectivity index (χ2v) is 9.33. The Labute approximate surface area is 164 Å². The number of para-hydroxylation sites is 2. The number of thiophene rings is 1. The molecule has 3 rings (SSSR count). The maximum atomic E-state index is 13.5. The monoisotopic (exact) mass is 428 g/mol. The van der Waals surface area contributed by atoms with Gasteiger partial charge in [-0.1, -0.05) is 18.2 Å². The Balaban J connectivity index is 1.76. The zero-order chi connectivity index (χ0) is 20.5. The van der Waals surface area contributed by atoms with Gasteiger partial charge in [-0.05, 0) is 23.6 Å². The summed E-state index contributed by atoms with van der Waals surface area (Å²) in [7, 11) is -1.06. The molecule has 0 aliphatic heterocycles. The summed E-state index contributed by atoms with van der Waals surface area (Å²) in [5, 5.41) is 1.63. The largest absolute Gasteiger partial charge is 0.337 e. The number of fused-ring (bicyclic) bond motifs is 1. The number of carbonyl (C=O) groups is 1. The third-order valence-electron chi connectivity index (χ3n) is 4.19. The lowest BCUT2D eigenvalue weighted by atomic mass is 10.3. The van der Waals surface area contributed by atoms with Gasteiger partial charge in [0, 0.05) is 14.1 Å². The van der Waals surface area contributed by atoms with E-state index in [-0.39, 0.29) is 22.1 Å². The van der Waals surface area contributed by atoms with Crippen molar-refractivity contribution in [2.24, 2.45) is 0 Å². The molecule has 3 aromatic rings. The topological polar surface area (TPSA) is 75.5 Å². The number of benzene rings is 1. The Morgan fingerprint density at radius 1 is 1.21 bits per heavy atom. The predicted molar refractivity (Wildman–Crippen MR) is 102 cm³/mol. The van der Waals surface area contributed by atoms with Gasteiger partial charge in [0.1, 0.15) is 10.0 Å². The lowest BCUT2D eigenvalue weighted by Crippen LogP contribution is -2.39. The zero-order valence-electron chi connectivity index (χ0n) is 15.1. The highest BCUT2D eigenvalue weighted by Gasteiger charge is 2.26. The Morgan fingerprint density at radius 3 is 2.57 bits per heavy atom. The Bertz CT molecular complexity index is 1080. The number of hydrogen-bond donors (Lipinski definition) is 0. The van der Waals surface area contributed by atoms with Gasteiger partial charge in [0.05, 0.1) is 24.1 Å². The van der Waals surface area contributed by atoms with E-state index in [0.717, 1.165) is 20.2 Å². The fourth-order valence-corrected chi connectivity index (χ4v) is 5.01. The van der Waals surface area contributed by atoms with E-state index < -0.39 is 29.0 Å². The Morgan fingerprint density at radius 2 is 1.93 bits per heavy atom. The van der Waals surface area contributed by atoms with Crippen molar-refractivity contribution in [3.8, 4) is 0 Å². The number of alkyl halides is 2. The van der Waals surface area contributed by atoms with Crippen LogP contribution in [-0.4, -0.2) is 53.7 Å². The van der Waals surface area contributed by atoms with E-state index in [1.165, 1.54) is 31.1 Å². The van der Waals surface area contributed by atoms with Gasteiger partial charge in [-0.2, -0.15) is 13.1 Å². The molecule has 150 valence electrons. The predicted octanol–water partition coefficient (Wildman–Crippen LogP) is 2.77. The highest BCUT2D eigenvalue weighted by atomic mass is 32.2. The average molecular weight is 428 g/mol. The number of halogens is 2. The summed E-state index contributed by atoms with van der Waals surface area (Å²) in [6.07, 6.45) is 0. The molecule has 11 heteroatoms. The molecule has 28 heavy (non-hydrogen) atoms. The van der Waals surface area contributed by atoms with Crippen molar-refractivity contribution < 1.29 is 22.0 Å². The van der Waals surface area contributed by atoms with Gasteiger partial charge in [0.15, 0.2) is 0 Å². The number of amides is 1. The van der Waals surface area contributed by atoms with Gasteiger partial charge < -0.3 is 4.90 Å². The minimum Gasteiger partial charge on any atom is -0.337 e. The Kier molecular flexibility index (Phi) is 5.77. The normalized spacial score (nSPS) is 12.2. The molecule has 1 amide bonds. The van der Waals surface area contributed by atoms with Gasteiger partial charge in [-0.25, -0.2) is 13.4 Å². The zero-order valence-corrected chi connectivity index (χ0v) is 16.8. The molecule has 0 aliphatic rings. The lowest BCUT2D eigenvalue weighted by Gasteiger charge is -2.21. The van der Waals surface area contributed by atoms with E-state index in [2.05, 4.69) is 4.98 Å². The summed E-state index contributed by atoms with van der Waals surface area (Å²) >= 11 is 1.05. The number of aromatic nitrogens is 2. The van der Waals surface area contributed by atoms with Gasteiger partial charge in [-0.3, -0.25) is 9.36 Å². The first kappa shape index (κ1) is 20.4. The number of sulfonamides is 1. The van der Waals surface area contributed by atoms with Gasteiger partial charge in [0.25, 0.3) is 10.0 Å². The summed E-state index contributed by atoms with van der Waals surface area (Å²) in [5.74, 6) is -0.508. The summed E-state index contributed by atoms with van der Waals surface area (Å²) in [5.41, 5.74) is 0.668. The van der Waals surface area contributed by atoms with Crippen LogP contribution >= 0.6 is 11.3 Å².